The number of nitrogens with zero attached hydrogens (tertiary/aromatic N) is 1. The molecule has 1 amide bonds. The fourth-order valence-electron chi connectivity index (χ4n) is 2.93. The number of benzene rings is 1. The number of ketones is 2. The highest BCUT2D eigenvalue weighted by Gasteiger charge is 2.35. The lowest BCUT2D eigenvalue weighted by molar-refractivity contribution is -0.146. The average molecular weight is 301 g/mol. The van der Waals surface area contributed by atoms with Crippen molar-refractivity contribution in [2.24, 2.45) is 0 Å². The van der Waals surface area contributed by atoms with E-state index in [-0.39, 0.29) is 12.2 Å². The largest absolute Gasteiger partial charge is 0.326 e. The monoisotopic (exact) mass is 301 g/mol. The Hall–Kier alpha value is -1.97. The van der Waals surface area contributed by atoms with Gasteiger partial charge in [-0.3, -0.25) is 14.4 Å². The Kier molecular flexibility index (Phi) is 5.87. The molecule has 0 N–H and O–H groups in total. The zero-order valence-electron chi connectivity index (χ0n) is 13.1. The Balaban J connectivity index is 1.86. The molecule has 0 saturated carbocycles. The Morgan fingerprint density at radius 2 is 1.91 bits per heavy atom. The third kappa shape index (κ3) is 4.03. The SMILES string of the molecule is CCC(=O)C(=O)N1CCC[C@H]1C(=O)CCCc1ccccc1. The van der Waals surface area contributed by atoms with Crippen LogP contribution in [0.4, 0.5) is 0 Å². The molecule has 1 atom stereocenters. The van der Waals surface area contributed by atoms with Gasteiger partial charge in [0.25, 0.3) is 5.91 Å². The molecule has 0 radical (unpaired) electrons. The van der Waals surface area contributed by atoms with E-state index in [9.17, 15) is 14.4 Å². The molecular formula is C18H23NO3. The van der Waals surface area contributed by atoms with Crippen LogP contribution in [0.15, 0.2) is 30.3 Å². The second-order valence-corrected chi connectivity index (χ2v) is 5.74. The molecule has 1 saturated heterocycles. The Labute approximate surface area is 131 Å². The van der Waals surface area contributed by atoms with Crippen LogP contribution in [0.25, 0.3) is 0 Å². The molecule has 1 aliphatic rings. The van der Waals surface area contributed by atoms with Gasteiger partial charge < -0.3 is 4.90 Å². The maximum Gasteiger partial charge on any atom is 0.290 e. The highest BCUT2D eigenvalue weighted by Crippen LogP contribution is 2.21. The van der Waals surface area contributed by atoms with Crippen molar-refractivity contribution in [2.75, 3.05) is 6.54 Å². The number of rotatable bonds is 7. The highest BCUT2D eigenvalue weighted by molar-refractivity contribution is 6.36. The second kappa shape index (κ2) is 7.87. The van der Waals surface area contributed by atoms with Crippen LogP contribution in [0.3, 0.4) is 0 Å². The summed E-state index contributed by atoms with van der Waals surface area (Å²) in [7, 11) is 0. The number of Topliss-reactive ketones (excluding diaryl/α,β-unsaturated/α-hetero) is 2. The van der Waals surface area contributed by atoms with Gasteiger partial charge in [-0.2, -0.15) is 0 Å². The van der Waals surface area contributed by atoms with E-state index in [1.54, 1.807) is 6.92 Å². The van der Waals surface area contributed by atoms with Gasteiger partial charge in [-0.1, -0.05) is 37.3 Å². The van der Waals surface area contributed by atoms with Gasteiger partial charge in [0, 0.05) is 19.4 Å². The Bertz CT molecular complexity index is 539. The highest BCUT2D eigenvalue weighted by atomic mass is 16.2. The summed E-state index contributed by atoms with van der Waals surface area (Å²) in [4.78, 5) is 37.4. The van der Waals surface area contributed by atoms with Gasteiger partial charge in [0.1, 0.15) is 0 Å². The first-order chi connectivity index (χ1) is 10.6. The summed E-state index contributed by atoms with van der Waals surface area (Å²) in [5.41, 5.74) is 1.22. The summed E-state index contributed by atoms with van der Waals surface area (Å²) in [5, 5.41) is 0. The lowest BCUT2D eigenvalue weighted by Gasteiger charge is -2.22. The molecule has 2 rings (SSSR count). The summed E-state index contributed by atoms with van der Waals surface area (Å²) in [5.74, 6) is -0.795. The number of hydrogen-bond donors (Lipinski definition) is 0. The van der Waals surface area contributed by atoms with Crippen molar-refractivity contribution in [3.63, 3.8) is 0 Å². The van der Waals surface area contributed by atoms with Gasteiger partial charge in [-0.15, -0.1) is 0 Å². The van der Waals surface area contributed by atoms with Crippen molar-refractivity contribution in [1.29, 1.82) is 0 Å². The molecule has 1 fully saturated rings. The van der Waals surface area contributed by atoms with Crippen LogP contribution in [-0.4, -0.2) is 35.0 Å². The van der Waals surface area contributed by atoms with Crippen LogP contribution in [0.2, 0.25) is 0 Å². The number of carbonyl (C=O) groups is 3. The minimum Gasteiger partial charge on any atom is -0.326 e. The number of amides is 1. The van der Waals surface area contributed by atoms with Crippen molar-refractivity contribution < 1.29 is 14.4 Å². The molecule has 0 aliphatic carbocycles. The number of hydrogen-bond acceptors (Lipinski definition) is 3. The summed E-state index contributed by atoms with van der Waals surface area (Å²) in [6.07, 6.45) is 3.79. The maximum atomic E-state index is 12.4. The molecule has 1 heterocycles. The molecule has 1 aliphatic heterocycles. The van der Waals surface area contributed by atoms with Crippen molar-refractivity contribution in [3.8, 4) is 0 Å². The van der Waals surface area contributed by atoms with E-state index in [1.807, 2.05) is 18.2 Å². The van der Waals surface area contributed by atoms with E-state index in [4.69, 9.17) is 0 Å². The summed E-state index contributed by atoms with van der Waals surface area (Å²) < 4.78 is 0. The predicted octanol–water partition coefficient (Wildman–Crippen LogP) is 2.55. The van der Waals surface area contributed by atoms with Crippen molar-refractivity contribution in [1.82, 2.24) is 4.90 Å². The molecule has 0 unspecified atom stereocenters. The third-order valence-electron chi connectivity index (χ3n) is 4.18. The maximum absolute atomic E-state index is 12.4. The fourth-order valence-corrected chi connectivity index (χ4v) is 2.93. The van der Waals surface area contributed by atoms with Gasteiger partial charge in [0.05, 0.1) is 6.04 Å². The van der Waals surface area contributed by atoms with E-state index < -0.39 is 17.7 Å². The molecule has 1 aromatic carbocycles. The molecule has 0 spiro atoms. The van der Waals surface area contributed by atoms with Gasteiger partial charge >= 0.3 is 0 Å². The molecule has 22 heavy (non-hydrogen) atoms. The molecule has 0 aromatic heterocycles. The number of aryl methyl sites for hydroxylation is 1. The summed E-state index contributed by atoms with van der Waals surface area (Å²) in [6.45, 7) is 2.20. The molecular weight excluding hydrogens is 278 g/mol. The van der Waals surface area contributed by atoms with Crippen LogP contribution in [0, 0.1) is 0 Å². The minimum absolute atomic E-state index is 0.0886. The van der Waals surface area contributed by atoms with Gasteiger partial charge in [0.2, 0.25) is 5.78 Å². The Morgan fingerprint density at radius 1 is 1.18 bits per heavy atom. The summed E-state index contributed by atoms with van der Waals surface area (Å²) in [6, 6.07) is 9.67. The molecule has 118 valence electrons. The first-order valence-corrected chi connectivity index (χ1v) is 8.04. The molecule has 4 heteroatoms. The first-order valence-electron chi connectivity index (χ1n) is 8.04. The zero-order valence-corrected chi connectivity index (χ0v) is 13.1. The van der Waals surface area contributed by atoms with E-state index in [2.05, 4.69) is 12.1 Å². The lowest BCUT2D eigenvalue weighted by atomic mass is 10.0. The van der Waals surface area contributed by atoms with Crippen LogP contribution in [-0.2, 0) is 20.8 Å². The van der Waals surface area contributed by atoms with Gasteiger partial charge in [-0.05, 0) is 31.2 Å². The average Bonchev–Trinajstić information content (AvgIpc) is 3.04. The van der Waals surface area contributed by atoms with Crippen LogP contribution >= 0.6 is 0 Å². The van der Waals surface area contributed by atoms with E-state index >= 15 is 0 Å². The molecule has 1 aromatic rings. The normalized spacial score (nSPS) is 17.5. The van der Waals surface area contributed by atoms with Crippen LogP contribution in [0.1, 0.15) is 44.6 Å². The lowest BCUT2D eigenvalue weighted by Crippen LogP contribution is -2.43. The fraction of sp³-hybridized carbons (Fsp3) is 0.500. The van der Waals surface area contributed by atoms with Crippen molar-refractivity contribution in [3.05, 3.63) is 35.9 Å². The standard InChI is InChI=1S/C18H23NO3/c1-2-16(20)18(22)19-13-7-11-15(19)17(21)12-6-10-14-8-4-3-5-9-14/h3-5,8-9,15H,2,6-7,10-13H2,1H3/t15-/m0/s1. The predicted molar refractivity (Wildman–Crippen MR) is 84.4 cm³/mol. The van der Waals surface area contributed by atoms with E-state index in [0.717, 1.165) is 19.3 Å². The van der Waals surface area contributed by atoms with Crippen LogP contribution < -0.4 is 0 Å². The van der Waals surface area contributed by atoms with E-state index in [1.165, 1.54) is 10.5 Å². The Morgan fingerprint density at radius 3 is 2.59 bits per heavy atom. The zero-order chi connectivity index (χ0) is 15.9. The second-order valence-electron chi connectivity index (χ2n) is 5.74. The first kappa shape index (κ1) is 16.4. The number of likely N-dealkylation sites (tertiary alicyclic amines) is 1. The van der Waals surface area contributed by atoms with Crippen molar-refractivity contribution >= 4 is 17.5 Å². The smallest absolute Gasteiger partial charge is 0.290 e. The van der Waals surface area contributed by atoms with E-state index in [0.29, 0.717) is 19.4 Å². The van der Waals surface area contributed by atoms with Crippen LogP contribution in [0.5, 0.6) is 0 Å². The minimum atomic E-state index is -0.485. The van der Waals surface area contributed by atoms with Crippen molar-refractivity contribution in [2.45, 2.75) is 51.5 Å². The topological polar surface area (TPSA) is 54.5 Å². The summed E-state index contributed by atoms with van der Waals surface area (Å²) >= 11 is 0. The van der Waals surface area contributed by atoms with Gasteiger partial charge in [-0.25, -0.2) is 0 Å². The van der Waals surface area contributed by atoms with Gasteiger partial charge in [0.15, 0.2) is 5.78 Å². The number of carbonyl (C=O) groups excluding carboxylic acids is 3. The quantitative estimate of drug-likeness (QED) is 0.727. The third-order valence-corrected chi connectivity index (χ3v) is 4.18. The molecule has 0 bridgehead atoms. The molecule has 4 nitrogen and oxygen atoms in total.